The van der Waals surface area contributed by atoms with Crippen molar-refractivity contribution in [2.75, 3.05) is 6.61 Å². The molecule has 0 N–H and O–H groups in total. The number of benzene rings is 1. The predicted octanol–water partition coefficient (Wildman–Crippen LogP) is 4.30. The Hall–Kier alpha value is -4.15. The van der Waals surface area contributed by atoms with Crippen molar-refractivity contribution >= 4 is 22.9 Å². The van der Waals surface area contributed by atoms with Gasteiger partial charge in [-0.25, -0.2) is 9.78 Å². The molecule has 0 fully saturated rings. The highest BCUT2D eigenvalue weighted by molar-refractivity contribution is 6.05. The van der Waals surface area contributed by atoms with Crippen LogP contribution in [-0.2, 0) is 18.0 Å². The summed E-state index contributed by atoms with van der Waals surface area (Å²) in [4.78, 5) is 42.0. The third-order valence-electron chi connectivity index (χ3n) is 5.65. The first-order valence-electron chi connectivity index (χ1n) is 10.4. The van der Waals surface area contributed by atoms with E-state index in [2.05, 4.69) is 4.98 Å². The molecule has 8 nitrogen and oxygen atoms in total. The largest absolute Gasteiger partial charge is 0.454 e. The zero-order chi connectivity index (χ0) is 25.7. The summed E-state index contributed by atoms with van der Waals surface area (Å²) >= 11 is 0. The highest BCUT2D eigenvalue weighted by Gasteiger charge is 2.31. The second-order valence-electron chi connectivity index (χ2n) is 8.04. The fourth-order valence-corrected chi connectivity index (χ4v) is 3.98. The van der Waals surface area contributed by atoms with Gasteiger partial charge in [-0.15, -0.1) is 0 Å². The van der Waals surface area contributed by atoms with Gasteiger partial charge >= 0.3 is 12.1 Å². The van der Waals surface area contributed by atoms with E-state index in [4.69, 9.17) is 9.15 Å². The molecule has 0 aliphatic carbocycles. The summed E-state index contributed by atoms with van der Waals surface area (Å²) in [6.07, 6.45) is -3.25. The van der Waals surface area contributed by atoms with Gasteiger partial charge in [0.05, 0.1) is 5.56 Å². The SMILES string of the molecule is Cc1oc2ncn(C)c(=O)c2c1C(=O)OCC(=O)c1cc(C)n(-c2cccc(C(F)(F)F)c2)c1C. The summed E-state index contributed by atoms with van der Waals surface area (Å²) < 4.78 is 52.7. The molecule has 4 rings (SSSR count). The fourth-order valence-electron chi connectivity index (χ4n) is 3.98. The van der Waals surface area contributed by atoms with E-state index in [0.29, 0.717) is 11.4 Å². The third kappa shape index (κ3) is 4.25. The molecular weight excluding hydrogens is 467 g/mol. The van der Waals surface area contributed by atoms with E-state index in [9.17, 15) is 27.6 Å². The van der Waals surface area contributed by atoms with Gasteiger partial charge in [-0.2, -0.15) is 13.2 Å². The van der Waals surface area contributed by atoms with Crippen molar-refractivity contribution in [3.63, 3.8) is 0 Å². The molecule has 0 aliphatic heterocycles. The Morgan fingerprint density at radius 1 is 1.14 bits per heavy atom. The standard InChI is InChI=1S/C24H20F3N3O5/c1-12-8-17(13(2)30(12)16-7-5-6-15(9-16)24(25,26)27)18(31)10-34-23(33)19-14(3)35-21-20(19)22(32)29(4)11-28-21/h5-9,11H,10H2,1-4H3. The monoisotopic (exact) mass is 487 g/mol. The van der Waals surface area contributed by atoms with Crippen molar-refractivity contribution in [1.29, 1.82) is 0 Å². The van der Waals surface area contributed by atoms with Crippen molar-refractivity contribution in [3.8, 4) is 5.69 Å². The quantitative estimate of drug-likeness (QED) is 0.308. The number of ketones is 1. The number of aryl methyl sites for hydroxylation is 3. The van der Waals surface area contributed by atoms with Crippen molar-refractivity contribution in [2.45, 2.75) is 26.9 Å². The van der Waals surface area contributed by atoms with E-state index < -0.39 is 35.7 Å². The number of Topliss-reactive ketones (excluding diaryl/α,β-unsaturated/α-hetero) is 1. The number of alkyl halides is 3. The number of fused-ring (bicyclic) bond motifs is 1. The van der Waals surface area contributed by atoms with Gasteiger partial charge in [-0.3, -0.25) is 9.59 Å². The van der Waals surface area contributed by atoms with Crippen molar-refractivity contribution < 1.29 is 31.9 Å². The molecule has 0 radical (unpaired) electrons. The van der Waals surface area contributed by atoms with Crippen LogP contribution in [-0.4, -0.2) is 32.5 Å². The molecule has 0 saturated carbocycles. The molecule has 0 aliphatic rings. The summed E-state index contributed by atoms with van der Waals surface area (Å²) in [5.74, 6) is -1.36. The number of hydrogen-bond donors (Lipinski definition) is 0. The summed E-state index contributed by atoms with van der Waals surface area (Å²) in [5.41, 5.74) is -0.0887. The minimum Gasteiger partial charge on any atom is -0.454 e. The molecule has 0 bridgehead atoms. The van der Waals surface area contributed by atoms with Crippen LogP contribution in [0.2, 0.25) is 0 Å². The molecule has 4 aromatic rings. The average molecular weight is 487 g/mol. The number of carbonyl (C=O) groups excluding carboxylic acids is 2. The van der Waals surface area contributed by atoms with Gasteiger partial charge < -0.3 is 18.3 Å². The summed E-state index contributed by atoms with van der Waals surface area (Å²) in [5, 5.41) is -0.0485. The van der Waals surface area contributed by atoms with Crippen molar-refractivity contribution in [2.24, 2.45) is 7.05 Å². The molecule has 3 heterocycles. The number of carbonyl (C=O) groups is 2. The van der Waals surface area contributed by atoms with Gasteiger partial charge in [0.2, 0.25) is 11.5 Å². The number of halogens is 3. The average Bonchev–Trinajstić information content (AvgIpc) is 3.29. The van der Waals surface area contributed by atoms with Gasteiger partial charge in [0.15, 0.2) is 6.61 Å². The summed E-state index contributed by atoms with van der Waals surface area (Å²) in [6.45, 7) is 4.08. The molecule has 11 heteroatoms. The zero-order valence-corrected chi connectivity index (χ0v) is 19.2. The first-order valence-corrected chi connectivity index (χ1v) is 10.4. The lowest BCUT2D eigenvalue weighted by atomic mass is 10.1. The number of aromatic nitrogens is 3. The molecule has 1 aromatic carbocycles. The predicted molar refractivity (Wildman–Crippen MR) is 119 cm³/mol. The van der Waals surface area contributed by atoms with E-state index in [1.807, 2.05) is 0 Å². The van der Waals surface area contributed by atoms with Gasteiger partial charge in [0.25, 0.3) is 5.56 Å². The van der Waals surface area contributed by atoms with Crippen LogP contribution in [0.1, 0.15) is 43.4 Å². The second kappa shape index (κ2) is 8.57. The van der Waals surface area contributed by atoms with E-state index >= 15 is 0 Å². The lowest BCUT2D eigenvalue weighted by Crippen LogP contribution is -2.20. The molecule has 0 saturated heterocycles. The number of esters is 1. The minimum absolute atomic E-state index is 0.0199. The molecule has 0 amide bonds. The van der Waals surface area contributed by atoms with E-state index in [1.54, 1.807) is 13.8 Å². The topological polar surface area (TPSA) is 96.3 Å². The molecule has 35 heavy (non-hydrogen) atoms. The van der Waals surface area contributed by atoms with Gasteiger partial charge in [-0.05, 0) is 45.0 Å². The number of nitrogens with zero attached hydrogens (tertiary/aromatic N) is 3. The highest BCUT2D eigenvalue weighted by Crippen LogP contribution is 2.31. The first kappa shape index (κ1) is 24.0. The fraction of sp³-hybridized carbons (Fsp3) is 0.250. The first-order chi connectivity index (χ1) is 16.4. The number of ether oxygens (including phenoxy) is 1. The van der Waals surface area contributed by atoms with Crippen LogP contribution in [0.15, 0.2) is 45.9 Å². The Bertz CT molecular complexity index is 1540. The molecule has 0 unspecified atom stereocenters. The van der Waals surface area contributed by atoms with Crippen LogP contribution < -0.4 is 5.56 Å². The highest BCUT2D eigenvalue weighted by atomic mass is 19.4. The maximum Gasteiger partial charge on any atom is 0.416 e. The van der Waals surface area contributed by atoms with Crippen LogP contribution in [0.3, 0.4) is 0 Å². The maximum absolute atomic E-state index is 13.1. The van der Waals surface area contributed by atoms with Crippen LogP contribution in [0, 0.1) is 20.8 Å². The Morgan fingerprint density at radius 3 is 2.54 bits per heavy atom. The second-order valence-corrected chi connectivity index (χ2v) is 8.04. The Morgan fingerprint density at radius 2 is 1.86 bits per heavy atom. The van der Waals surface area contributed by atoms with E-state index in [-0.39, 0.29) is 33.7 Å². The lowest BCUT2D eigenvalue weighted by Gasteiger charge is -2.13. The third-order valence-corrected chi connectivity index (χ3v) is 5.65. The summed E-state index contributed by atoms with van der Waals surface area (Å²) in [7, 11) is 1.47. The summed E-state index contributed by atoms with van der Waals surface area (Å²) in [6, 6.07) is 6.27. The molecule has 182 valence electrons. The van der Waals surface area contributed by atoms with Crippen molar-refractivity contribution in [1.82, 2.24) is 14.1 Å². The normalized spacial score (nSPS) is 11.7. The van der Waals surface area contributed by atoms with E-state index in [1.165, 1.54) is 47.6 Å². The van der Waals surface area contributed by atoms with Gasteiger partial charge in [0, 0.05) is 29.7 Å². The molecule has 0 spiro atoms. The van der Waals surface area contributed by atoms with Crippen LogP contribution >= 0.6 is 0 Å². The Kier molecular flexibility index (Phi) is 5.87. The zero-order valence-electron chi connectivity index (χ0n) is 19.2. The minimum atomic E-state index is -4.51. The van der Waals surface area contributed by atoms with Crippen LogP contribution in [0.5, 0.6) is 0 Å². The number of rotatable bonds is 5. The van der Waals surface area contributed by atoms with Crippen molar-refractivity contribution in [3.05, 3.63) is 80.9 Å². The smallest absolute Gasteiger partial charge is 0.416 e. The van der Waals surface area contributed by atoms with Gasteiger partial charge in [0.1, 0.15) is 23.0 Å². The van der Waals surface area contributed by atoms with Gasteiger partial charge in [-0.1, -0.05) is 6.07 Å². The molecule has 0 atom stereocenters. The van der Waals surface area contributed by atoms with Crippen LogP contribution in [0.25, 0.3) is 16.8 Å². The Labute approximate surface area is 196 Å². The Balaban J connectivity index is 1.59. The lowest BCUT2D eigenvalue weighted by molar-refractivity contribution is -0.137. The number of furan rings is 1. The number of hydrogen-bond acceptors (Lipinski definition) is 6. The van der Waals surface area contributed by atoms with E-state index in [0.717, 1.165) is 12.1 Å². The maximum atomic E-state index is 13.1. The molecule has 3 aromatic heterocycles. The van der Waals surface area contributed by atoms with Crippen LogP contribution in [0.4, 0.5) is 13.2 Å². The molecular formula is C24H20F3N3O5.